The highest BCUT2D eigenvalue weighted by atomic mass is 16.6. The van der Waals surface area contributed by atoms with Gasteiger partial charge in [0.05, 0.1) is 28.0 Å². The van der Waals surface area contributed by atoms with Crippen LogP contribution in [0.1, 0.15) is 18.5 Å². The molecular weight excluding hydrogens is 308 g/mol. The topological polar surface area (TPSA) is 90.1 Å². The van der Waals surface area contributed by atoms with Crippen LogP contribution < -0.4 is 5.32 Å². The molecular formula is C17H16N4O3. The molecule has 0 bridgehead atoms. The Kier molecular flexibility index (Phi) is 3.99. The highest BCUT2D eigenvalue weighted by molar-refractivity contribution is 5.95. The van der Waals surface area contributed by atoms with E-state index in [4.69, 9.17) is 0 Å². The van der Waals surface area contributed by atoms with E-state index in [0.717, 1.165) is 16.6 Å². The van der Waals surface area contributed by atoms with E-state index in [9.17, 15) is 14.9 Å². The number of anilines is 1. The van der Waals surface area contributed by atoms with E-state index in [1.165, 1.54) is 12.1 Å². The number of hydrogen-bond acceptors (Lipinski definition) is 4. The second kappa shape index (κ2) is 6.11. The maximum atomic E-state index is 12.6. The molecule has 0 spiro atoms. The molecule has 1 aromatic heterocycles. The summed E-state index contributed by atoms with van der Waals surface area (Å²) in [6.07, 6.45) is 1.62. The van der Waals surface area contributed by atoms with Gasteiger partial charge in [-0.25, -0.2) is 4.98 Å². The predicted molar refractivity (Wildman–Crippen MR) is 90.9 cm³/mol. The Hall–Kier alpha value is -3.22. The molecule has 1 unspecified atom stereocenters. The number of imidazole rings is 1. The normalized spacial score (nSPS) is 12.1. The molecule has 3 rings (SSSR count). The van der Waals surface area contributed by atoms with E-state index in [2.05, 4.69) is 10.3 Å². The van der Waals surface area contributed by atoms with Crippen LogP contribution in [-0.4, -0.2) is 20.4 Å². The van der Waals surface area contributed by atoms with Gasteiger partial charge in [0.1, 0.15) is 6.04 Å². The molecule has 0 aliphatic rings. The standard InChI is InChI=1S/C17H16N4O3/c1-11-7-8-13(21(23)24)9-15(11)19-17(22)12(2)20-10-18-14-5-3-4-6-16(14)20/h3-10,12H,1-2H3,(H,19,22). The zero-order valence-electron chi connectivity index (χ0n) is 13.3. The van der Waals surface area contributed by atoms with Gasteiger partial charge in [0, 0.05) is 12.1 Å². The second-order valence-electron chi connectivity index (χ2n) is 5.56. The van der Waals surface area contributed by atoms with Crippen LogP contribution in [-0.2, 0) is 4.79 Å². The van der Waals surface area contributed by atoms with E-state index < -0.39 is 11.0 Å². The molecule has 24 heavy (non-hydrogen) atoms. The minimum Gasteiger partial charge on any atom is -0.324 e. The van der Waals surface area contributed by atoms with Crippen molar-refractivity contribution in [1.29, 1.82) is 0 Å². The number of benzene rings is 2. The van der Waals surface area contributed by atoms with Gasteiger partial charge in [-0.05, 0) is 31.5 Å². The first-order valence-electron chi connectivity index (χ1n) is 7.45. The third-order valence-corrected chi connectivity index (χ3v) is 3.97. The lowest BCUT2D eigenvalue weighted by molar-refractivity contribution is -0.384. The zero-order valence-corrected chi connectivity index (χ0v) is 13.3. The molecule has 122 valence electrons. The fraction of sp³-hybridized carbons (Fsp3) is 0.176. The van der Waals surface area contributed by atoms with Crippen molar-refractivity contribution in [3.05, 3.63) is 64.5 Å². The number of para-hydroxylation sites is 2. The molecule has 7 heteroatoms. The molecule has 0 saturated heterocycles. The van der Waals surface area contributed by atoms with Crippen LogP contribution >= 0.6 is 0 Å². The summed E-state index contributed by atoms with van der Waals surface area (Å²) in [7, 11) is 0. The highest BCUT2D eigenvalue weighted by Crippen LogP contribution is 2.24. The van der Waals surface area contributed by atoms with E-state index in [1.54, 1.807) is 30.8 Å². The molecule has 1 atom stereocenters. The summed E-state index contributed by atoms with van der Waals surface area (Å²) >= 11 is 0. The number of carbonyl (C=O) groups is 1. The van der Waals surface area contributed by atoms with Gasteiger partial charge in [0.15, 0.2) is 0 Å². The Morgan fingerprint density at radius 3 is 2.79 bits per heavy atom. The summed E-state index contributed by atoms with van der Waals surface area (Å²) in [5.74, 6) is -0.262. The van der Waals surface area contributed by atoms with Crippen molar-refractivity contribution in [2.45, 2.75) is 19.9 Å². The average molecular weight is 324 g/mol. The Morgan fingerprint density at radius 2 is 2.04 bits per heavy atom. The molecule has 0 aliphatic heterocycles. The van der Waals surface area contributed by atoms with E-state index in [1.807, 2.05) is 24.3 Å². The minimum atomic E-state index is -0.504. The van der Waals surface area contributed by atoms with Crippen LogP contribution in [0.15, 0.2) is 48.8 Å². The lowest BCUT2D eigenvalue weighted by Gasteiger charge is -2.15. The molecule has 0 saturated carbocycles. The summed E-state index contributed by atoms with van der Waals surface area (Å²) in [5, 5.41) is 13.7. The van der Waals surface area contributed by atoms with Gasteiger partial charge >= 0.3 is 0 Å². The number of amides is 1. The number of nitrogens with zero attached hydrogens (tertiary/aromatic N) is 3. The third kappa shape index (κ3) is 2.83. The van der Waals surface area contributed by atoms with Gasteiger partial charge in [-0.2, -0.15) is 0 Å². The first-order chi connectivity index (χ1) is 11.5. The van der Waals surface area contributed by atoms with Crippen LogP contribution in [0.3, 0.4) is 0 Å². The van der Waals surface area contributed by atoms with E-state index >= 15 is 0 Å². The monoisotopic (exact) mass is 324 g/mol. The van der Waals surface area contributed by atoms with Crippen molar-refractivity contribution in [2.24, 2.45) is 0 Å². The van der Waals surface area contributed by atoms with Gasteiger partial charge in [-0.15, -0.1) is 0 Å². The van der Waals surface area contributed by atoms with Gasteiger partial charge in [0.2, 0.25) is 5.91 Å². The molecule has 0 radical (unpaired) electrons. The van der Waals surface area contributed by atoms with Crippen molar-refractivity contribution in [3.63, 3.8) is 0 Å². The molecule has 1 heterocycles. The number of aromatic nitrogens is 2. The van der Waals surface area contributed by atoms with Gasteiger partial charge in [-0.1, -0.05) is 18.2 Å². The lowest BCUT2D eigenvalue weighted by Crippen LogP contribution is -2.23. The molecule has 1 amide bonds. The minimum absolute atomic E-state index is 0.0587. The molecule has 0 fully saturated rings. The van der Waals surface area contributed by atoms with Gasteiger partial charge in [-0.3, -0.25) is 14.9 Å². The van der Waals surface area contributed by atoms with Gasteiger partial charge < -0.3 is 9.88 Å². The summed E-state index contributed by atoms with van der Waals surface area (Å²) < 4.78 is 1.78. The Labute approximate surface area is 138 Å². The maximum Gasteiger partial charge on any atom is 0.271 e. The summed E-state index contributed by atoms with van der Waals surface area (Å²) in [4.78, 5) is 27.2. The molecule has 7 nitrogen and oxygen atoms in total. The number of nitro groups is 1. The van der Waals surface area contributed by atoms with Crippen LogP contribution in [0.4, 0.5) is 11.4 Å². The van der Waals surface area contributed by atoms with Crippen LogP contribution in [0.5, 0.6) is 0 Å². The van der Waals surface area contributed by atoms with Crippen LogP contribution in [0, 0.1) is 17.0 Å². The lowest BCUT2D eigenvalue weighted by atomic mass is 10.1. The predicted octanol–water partition coefficient (Wildman–Crippen LogP) is 3.45. The van der Waals surface area contributed by atoms with Gasteiger partial charge in [0.25, 0.3) is 5.69 Å². The van der Waals surface area contributed by atoms with Crippen molar-refractivity contribution >= 4 is 28.3 Å². The summed E-state index contributed by atoms with van der Waals surface area (Å²) in [6.45, 7) is 3.55. The second-order valence-corrected chi connectivity index (χ2v) is 5.56. The Balaban J connectivity index is 1.87. The van der Waals surface area contributed by atoms with Crippen molar-refractivity contribution in [1.82, 2.24) is 9.55 Å². The number of nitrogens with one attached hydrogen (secondary N) is 1. The summed E-state index contributed by atoms with van der Waals surface area (Å²) in [6, 6.07) is 11.4. The number of carbonyl (C=O) groups excluding carboxylic acids is 1. The first-order valence-corrected chi connectivity index (χ1v) is 7.45. The van der Waals surface area contributed by atoms with E-state index in [-0.39, 0.29) is 11.6 Å². The van der Waals surface area contributed by atoms with Crippen LogP contribution in [0.25, 0.3) is 11.0 Å². The van der Waals surface area contributed by atoms with Crippen molar-refractivity contribution in [2.75, 3.05) is 5.32 Å². The molecule has 2 aromatic carbocycles. The number of nitro benzene ring substituents is 1. The Morgan fingerprint density at radius 1 is 1.29 bits per heavy atom. The molecule has 3 aromatic rings. The first kappa shape index (κ1) is 15.7. The quantitative estimate of drug-likeness (QED) is 0.588. The SMILES string of the molecule is Cc1ccc([N+](=O)[O-])cc1NC(=O)C(C)n1cnc2ccccc21. The number of fused-ring (bicyclic) bond motifs is 1. The van der Waals surface area contributed by atoms with Crippen molar-refractivity contribution < 1.29 is 9.72 Å². The number of non-ortho nitro benzene ring substituents is 1. The highest BCUT2D eigenvalue weighted by Gasteiger charge is 2.19. The smallest absolute Gasteiger partial charge is 0.271 e. The molecule has 1 N–H and O–H groups in total. The summed E-state index contributed by atoms with van der Waals surface area (Å²) in [5.41, 5.74) is 2.80. The molecule has 0 aliphatic carbocycles. The van der Waals surface area contributed by atoms with Crippen molar-refractivity contribution in [3.8, 4) is 0 Å². The average Bonchev–Trinajstić information content (AvgIpc) is 2.99. The fourth-order valence-corrected chi connectivity index (χ4v) is 2.51. The Bertz CT molecular complexity index is 932. The number of aryl methyl sites for hydroxylation is 1. The number of rotatable bonds is 4. The zero-order chi connectivity index (χ0) is 17.3. The van der Waals surface area contributed by atoms with E-state index in [0.29, 0.717) is 5.69 Å². The maximum absolute atomic E-state index is 12.6. The third-order valence-electron chi connectivity index (χ3n) is 3.97. The number of hydrogen-bond donors (Lipinski definition) is 1. The van der Waals surface area contributed by atoms with Crippen LogP contribution in [0.2, 0.25) is 0 Å². The fourth-order valence-electron chi connectivity index (χ4n) is 2.51. The largest absolute Gasteiger partial charge is 0.324 e.